The van der Waals surface area contributed by atoms with E-state index in [2.05, 4.69) is 66.0 Å². The molecule has 4 rings (SSSR count). The molecule has 0 spiro atoms. The Hall–Kier alpha value is -1.45. The lowest BCUT2D eigenvalue weighted by Gasteiger charge is -2.23. The van der Waals surface area contributed by atoms with Crippen LogP contribution >= 0.6 is 24.2 Å². The molecule has 2 aromatic carbocycles. The number of rotatable bonds is 3. The van der Waals surface area contributed by atoms with E-state index in [0.717, 1.165) is 5.17 Å². The average molecular weight is 359 g/mol. The average Bonchev–Trinajstić information content (AvgIpc) is 3.04. The summed E-state index contributed by atoms with van der Waals surface area (Å²) in [7, 11) is 0. The molecule has 1 aliphatic carbocycles. The molecule has 24 heavy (non-hydrogen) atoms. The van der Waals surface area contributed by atoms with E-state index in [-0.39, 0.29) is 12.4 Å². The lowest BCUT2D eigenvalue weighted by molar-refractivity contribution is 0.385. The van der Waals surface area contributed by atoms with E-state index in [0.29, 0.717) is 17.3 Å². The number of thioether (sulfide) groups is 1. The first-order valence-electron chi connectivity index (χ1n) is 8.51. The predicted octanol–water partition coefficient (Wildman–Crippen LogP) is 5.20. The lowest BCUT2D eigenvalue weighted by atomic mass is 9.92. The molecule has 126 valence electrons. The lowest BCUT2D eigenvalue weighted by Crippen LogP contribution is -2.36. The SMILES string of the molecule is Cl.c1ccc(C(SC2=NC3CCCCC3N2)c2ccccc2)cc1. The fraction of sp³-hybridized carbons (Fsp3) is 0.350. The number of hydrogen-bond acceptors (Lipinski definition) is 3. The topological polar surface area (TPSA) is 24.4 Å². The van der Waals surface area contributed by atoms with Crippen LogP contribution in [0.2, 0.25) is 0 Å². The van der Waals surface area contributed by atoms with E-state index in [1.54, 1.807) is 0 Å². The third-order valence-electron chi connectivity index (χ3n) is 4.76. The summed E-state index contributed by atoms with van der Waals surface area (Å²) in [6, 6.07) is 22.6. The molecule has 2 unspecified atom stereocenters. The molecule has 1 aliphatic heterocycles. The number of hydrogen-bond donors (Lipinski definition) is 1. The van der Waals surface area contributed by atoms with Gasteiger partial charge in [-0.15, -0.1) is 12.4 Å². The summed E-state index contributed by atoms with van der Waals surface area (Å²) in [6.07, 6.45) is 5.16. The Labute approximate surface area is 154 Å². The van der Waals surface area contributed by atoms with Crippen LogP contribution in [0.25, 0.3) is 0 Å². The van der Waals surface area contributed by atoms with E-state index in [1.807, 2.05) is 11.8 Å². The number of benzene rings is 2. The van der Waals surface area contributed by atoms with Crippen LogP contribution < -0.4 is 5.32 Å². The summed E-state index contributed by atoms with van der Waals surface area (Å²) in [4.78, 5) is 4.97. The molecule has 0 saturated heterocycles. The highest BCUT2D eigenvalue weighted by atomic mass is 35.5. The number of amidine groups is 1. The van der Waals surface area contributed by atoms with E-state index in [1.165, 1.54) is 36.8 Å². The largest absolute Gasteiger partial charge is 0.360 e. The summed E-state index contributed by atoms with van der Waals surface area (Å²) in [5.74, 6) is 0. The first kappa shape index (κ1) is 17.4. The number of aliphatic imine (C=N–C) groups is 1. The maximum atomic E-state index is 4.97. The molecule has 0 aromatic heterocycles. The second-order valence-corrected chi connectivity index (χ2v) is 7.45. The van der Waals surface area contributed by atoms with Crippen LogP contribution in [0.15, 0.2) is 65.7 Å². The van der Waals surface area contributed by atoms with Crippen molar-refractivity contribution in [2.24, 2.45) is 4.99 Å². The van der Waals surface area contributed by atoms with Crippen molar-refractivity contribution in [1.82, 2.24) is 5.32 Å². The third kappa shape index (κ3) is 3.79. The highest BCUT2D eigenvalue weighted by molar-refractivity contribution is 8.14. The van der Waals surface area contributed by atoms with Gasteiger partial charge in [0, 0.05) is 0 Å². The first-order valence-corrected chi connectivity index (χ1v) is 9.39. The Bertz CT molecular complexity index is 635. The van der Waals surface area contributed by atoms with Gasteiger partial charge in [-0.05, 0) is 24.0 Å². The second kappa shape index (κ2) is 8.09. The smallest absolute Gasteiger partial charge is 0.158 e. The Morgan fingerprint density at radius 3 is 2.04 bits per heavy atom. The van der Waals surface area contributed by atoms with Crippen molar-refractivity contribution in [3.8, 4) is 0 Å². The molecule has 1 heterocycles. The molecular formula is C20H23ClN2S. The molecule has 2 aliphatic rings. The first-order chi connectivity index (χ1) is 11.4. The van der Waals surface area contributed by atoms with Crippen LogP contribution in [0.4, 0.5) is 0 Å². The molecule has 1 fully saturated rings. The normalized spacial score (nSPS) is 22.3. The van der Waals surface area contributed by atoms with E-state index >= 15 is 0 Å². The van der Waals surface area contributed by atoms with Crippen LogP contribution in [0.3, 0.4) is 0 Å². The zero-order valence-corrected chi connectivity index (χ0v) is 15.2. The van der Waals surface area contributed by atoms with Crippen LogP contribution in [0.5, 0.6) is 0 Å². The Kier molecular flexibility index (Phi) is 5.85. The van der Waals surface area contributed by atoms with Gasteiger partial charge in [-0.2, -0.15) is 0 Å². The zero-order valence-electron chi connectivity index (χ0n) is 13.6. The molecule has 1 N–H and O–H groups in total. The Morgan fingerprint density at radius 1 is 0.875 bits per heavy atom. The summed E-state index contributed by atoms with van der Waals surface area (Å²) >= 11 is 1.86. The van der Waals surface area contributed by atoms with Gasteiger partial charge in [0.05, 0.1) is 17.3 Å². The molecule has 0 bridgehead atoms. The van der Waals surface area contributed by atoms with Gasteiger partial charge in [-0.3, -0.25) is 4.99 Å². The Balaban J connectivity index is 0.00000169. The maximum absolute atomic E-state index is 4.97. The van der Waals surface area contributed by atoms with Crippen molar-refractivity contribution in [3.63, 3.8) is 0 Å². The van der Waals surface area contributed by atoms with Gasteiger partial charge in [0.2, 0.25) is 0 Å². The Morgan fingerprint density at radius 2 is 1.46 bits per heavy atom. The van der Waals surface area contributed by atoms with Crippen molar-refractivity contribution in [2.75, 3.05) is 0 Å². The highest BCUT2D eigenvalue weighted by Crippen LogP contribution is 2.38. The number of fused-ring (bicyclic) bond motifs is 1. The van der Waals surface area contributed by atoms with Crippen LogP contribution in [-0.2, 0) is 0 Å². The van der Waals surface area contributed by atoms with Gasteiger partial charge in [-0.1, -0.05) is 85.3 Å². The summed E-state index contributed by atoms with van der Waals surface area (Å²) in [5, 5.41) is 5.10. The number of nitrogens with zero attached hydrogens (tertiary/aromatic N) is 1. The molecule has 0 amide bonds. The van der Waals surface area contributed by atoms with Gasteiger partial charge >= 0.3 is 0 Å². The van der Waals surface area contributed by atoms with Crippen LogP contribution in [0, 0.1) is 0 Å². The van der Waals surface area contributed by atoms with Crippen molar-refractivity contribution in [1.29, 1.82) is 0 Å². The highest BCUT2D eigenvalue weighted by Gasteiger charge is 2.32. The molecule has 2 atom stereocenters. The fourth-order valence-corrected chi connectivity index (χ4v) is 4.77. The second-order valence-electron chi connectivity index (χ2n) is 6.36. The molecule has 2 aromatic rings. The molecule has 2 nitrogen and oxygen atoms in total. The van der Waals surface area contributed by atoms with Gasteiger partial charge in [-0.25, -0.2) is 0 Å². The minimum Gasteiger partial charge on any atom is -0.360 e. The van der Waals surface area contributed by atoms with Crippen LogP contribution in [-0.4, -0.2) is 17.3 Å². The standard InChI is InChI=1S/C20H22N2S.ClH/c1-3-9-15(10-4-1)19(16-11-5-2-6-12-16)23-20-21-17-13-7-8-14-18(17)22-20;/h1-6,9-12,17-19H,7-8,13-14H2,(H,21,22);1H. The maximum Gasteiger partial charge on any atom is 0.158 e. The fourth-order valence-electron chi connectivity index (χ4n) is 3.54. The van der Waals surface area contributed by atoms with Gasteiger partial charge in [0.1, 0.15) is 0 Å². The van der Waals surface area contributed by atoms with Gasteiger partial charge in [0.15, 0.2) is 5.17 Å². The predicted molar refractivity (Wildman–Crippen MR) is 106 cm³/mol. The van der Waals surface area contributed by atoms with Gasteiger partial charge < -0.3 is 5.32 Å². The van der Waals surface area contributed by atoms with E-state index in [9.17, 15) is 0 Å². The van der Waals surface area contributed by atoms with Crippen molar-refractivity contribution >= 4 is 29.3 Å². The number of nitrogens with one attached hydrogen (secondary N) is 1. The van der Waals surface area contributed by atoms with Gasteiger partial charge in [0.25, 0.3) is 0 Å². The molecular weight excluding hydrogens is 336 g/mol. The van der Waals surface area contributed by atoms with E-state index < -0.39 is 0 Å². The van der Waals surface area contributed by atoms with Crippen molar-refractivity contribution in [3.05, 3.63) is 71.8 Å². The minimum absolute atomic E-state index is 0. The molecule has 1 saturated carbocycles. The summed E-state index contributed by atoms with van der Waals surface area (Å²) in [6.45, 7) is 0. The molecule has 0 radical (unpaired) electrons. The zero-order chi connectivity index (χ0) is 15.5. The monoisotopic (exact) mass is 358 g/mol. The third-order valence-corrected chi connectivity index (χ3v) is 5.98. The van der Waals surface area contributed by atoms with Crippen molar-refractivity contribution in [2.45, 2.75) is 43.0 Å². The van der Waals surface area contributed by atoms with E-state index in [4.69, 9.17) is 4.99 Å². The quantitative estimate of drug-likeness (QED) is 0.815. The summed E-state index contributed by atoms with van der Waals surface area (Å²) in [5.41, 5.74) is 2.67. The summed E-state index contributed by atoms with van der Waals surface area (Å²) < 4.78 is 0. The van der Waals surface area contributed by atoms with Crippen molar-refractivity contribution < 1.29 is 0 Å². The number of halogens is 1. The minimum atomic E-state index is 0. The van der Waals surface area contributed by atoms with Crippen LogP contribution in [0.1, 0.15) is 42.1 Å². The molecule has 4 heteroatoms.